The molecule has 0 atom stereocenters. The smallest absolute Gasteiger partial charge is 0.187 e. The third-order valence-electron chi connectivity index (χ3n) is 2.99. The van der Waals surface area contributed by atoms with E-state index in [2.05, 4.69) is 4.85 Å². The number of ether oxygens (including phenoxy) is 1. The van der Waals surface area contributed by atoms with E-state index in [1.165, 1.54) is 0 Å². The van der Waals surface area contributed by atoms with E-state index in [0.29, 0.717) is 17.8 Å². The minimum atomic E-state index is 0.290. The molecule has 0 bridgehead atoms. The Hall–Kier alpha value is -1.53. The Morgan fingerprint density at radius 1 is 1.12 bits per heavy atom. The summed E-state index contributed by atoms with van der Waals surface area (Å²) in [5.41, 5.74) is 6.49. The number of hydrogen-bond acceptors (Lipinski definition) is 2. The summed E-state index contributed by atoms with van der Waals surface area (Å²) >= 11 is 0. The minimum Gasteiger partial charge on any atom is -0.491 e. The van der Waals surface area contributed by atoms with Gasteiger partial charge in [0.2, 0.25) is 0 Å². The van der Waals surface area contributed by atoms with E-state index in [1.54, 1.807) is 12.1 Å². The summed E-state index contributed by atoms with van der Waals surface area (Å²) in [4.78, 5) is 3.35. The molecule has 0 heterocycles. The van der Waals surface area contributed by atoms with Crippen LogP contribution in [-0.4, -0.2) is 12.1 Å². The third kappa shape index (κ3) is 2.74. The van der Waals surface area contributed by atoms with Crippen LogP contribution in [0.15, 0.2) is 24.3 Å². The highest BCUT2D eigenvalue weighted by atomic mass is 16.5. The minimum absolute atomic E-state index is 0.290. The molecule has 0 aromatic heterocycles. The number of hydrogen-bond donors (Lipinski definition) is 1. The lowest BCUT2D eigenvalue weighted by molar-refractivity contribution is 0.147. The average Bonchev–Trinajstić information content (AvgIpc) is 2.33. The summed E-state index contributed by atoms with van der Waals surface area (Å²) in [7, 11) is 0. The fourth-order valence-corrected chi connectivity index (χ4v) is 2.00. The first-order valence-corrected chi connectivity index (χ1v) is 5.67. The topological polar surface area (TPSA) is 39.6 Å². The van der Waals surface area contributed by atoms with Crippen molar-refractivity contribution in [3.8, 4) is 5.75 Å². The summed E-state index contributed by atoms with van der Waals surface area (Å²) in [5.74, 6) is 0.855. The Bertz CT molecular complexity index is 372. The first-order valence-electron chi connectivity index (χ1n) is 5.67. The Kier molecular flexibility index (Phi) is 3.43. The molecule has 1 saturated carbocycles. The quantitative estimate of drug-likeness (QED) is 0.772. The molecule has 0 unspecified atom stereocenters. The summed E-state index contributed by atoms with van der Waals surface area (Å²) in [5, 5.41) is 0. The monoisotopic (exact) mass is 216 g/mol. The molecule has 0 amide bonds. The molecule has 2 N–H and O–H groups in total. The van der Waals surface area contributed by atoms with Crippen LogP contribution in [0.2, 0.25) is 0 Å². The van der Waals surface area contributed by atoms with Crippen LogP contribution >= 0.6 is 0 Å². The maximum Gasteiger partial charge on any atom is 0.187 e. The summed E-state index contributed by atoms with van der Waals surface area (Å²) < 4.78 is 5.84. The van der Waals surface area contributed by atoms with Gasteiger partial charge in [-0.3, -0.25) is 0 Å². The van der Waals surface area contributed by atoms with Gasteiger partial charge in [0.1, 0.15) is 5.75 Å². The van der Waals surface area contributed by atoms with E-state index in [9.17, 15) is 0 Å². The van der Waals surface area contributed by atoms with Gasteiger partial charge in [0.25, 0.3) is 0 Å². The van der Waals surface area contributed by atoms with E-state index in [-0.39, 0.29) is 0 Å². The molecule has 0 aliphatic heterocycles. The summed E-state index contributed by atoms with van der Waals surface area (Å²) in [6.07, 6.45) is 4.45. The average molecular weight is 216 g/mol. The molecule has 1 aliphatic carbocycles. The second-order valence-corrected chi connectivity index (χ2v) is 4.26. The predicted octanol–water partition coefficient (Wildman–Crippen LogP) is 2.89. The Morgan fingerprint density at radius 3 is 2.31 bits per heavy atom. The molecule has 1 aromatic carbocycles. The standard InChI is InChI=1S/C13H16N2O/c1-15-11-4-8-13(9-5-11)16-12-6-2-10(14)3-7-12/h4-5,8-10,12H,2-3,6-7,14H2. The van der Waals surface area contributed by atoms with Gasteiger partial charge in [-0.2, -0.15) is 0 Å². The first-order chi connectivity index (χ1) is 7.78. The van der Waals surface area contributed by atoms with Crippen molar-refractivity contribution in [1.29, 1.82) is 0 Å². The summed E-state index contributed by atoms with van der Waals surface area (Å²) in [6, 6.07) is 7.65. The van der Waals surface area contributed by atoms with Crippen molar-refractivity contribution in [1.82, 2.24) is 0 Å². The zero-order valence-electron chi connectivity index (χ0n) is 9.23. The Labute approximate surface area is 96.0 Å². The van der Waals surface area contributed by atoms with Crippen LogP contribution in [-0.2, 0) is 0 Å². The van der Waals surface area contributed by atoms with Crippen molar-refractivity contribution in [2.24, 2.45) is 5.73 Å². The molecule has 3 nitrogen and oxygen atoms in total. The number of nitrogens with zero attached hydrogens (tertiary/aromatic N) is 1. The molecular weight excluding hydrogens is 200 g/mol. The maximum atomic E-state index is 6.86. The molecule has 2 rings (SSSR count). The van der Waals surface area contributed by atoms with Crippen LogP contribution in [0.5, 0.6) is 5.75 Å². The fraction of sp³-hybridized carbons (Fsp3) is 0.462. The third-order valence-corrected chi connectivity index (χ3v) is 2.99. The van der Waals surface area contributed by atoms with E-state index in [0.717, 1.165) is 31.4 Å². The largest absolute Gasteiger partial charge is 0.491 e. The highest BCUT2D eigenvalue weighted by molar-refractivity contribution is 5.47. The van der Waals surface area contributed by atoms with Crippen molar-refractivity contribution in [3.05, 3.63) is 35.7 Å². The lowest BCUT2D eigenvalue weighted by Gasteiger charge is -2.26. The van der Waals surface area contributed by atoms with E-state index < -0.39 is 0 Å². The van der Waals surface area contributed by atoms with Crippen molar-refractivity contribution in [2.45, 2.75) is 37.8 Å². The van der Waals surface area contributed by atoms with E-state index in [1.807, 2.05) is 12.1 Å². The highest BCUT2D eigenvalue weighted by Crippen LogP contribution is 2.24. The zero-order valence-corrected chi connectivity index (χ0v) is 9.23. The van der Waals surface area contributed by atoms with Crippen LogP contribution < -0.4 is 10.5 Å². The van der Waals surface area contributed by atoms with Gasteiger partial charge in [0.15, 0.2) is 5.69 Å². The van der Waals surface area contributed by atoms with E-state index in [4.69, 9.17) is 17.0 Å². The molecule has 1 aliphatic rings. The fourth-order valence-electron chi connectivity index (χ4n) is 2.00. The second kappa shape index (κ2) is 5.00. The van der Waals surface area contributed by atoms with Crippen molar-refractivity contribution in [2.75, 3.05) is 0 Å². The van der Waals surface area contributed by atoms with E-state index >= 15 is 0 Å². The van der Waals surface area contributed by atoms with Crippen LogP contribution in [0.25, 0.3) is 4.85 Å². The highest BCUT2D eigenvalue weighted by Gasteiger charge is 2.19. The van der Waals surface area contributed by atoms with Crippen molar-refractivity contribution < 1.29 is 4.74 Å². The maximum absolute atomic E-state index is 6.86. The van der Waals surface area contributed by atoms with Crippen LogP contribution in [0.4, 0.5) is 5.69 Å². The van der Waals surface area contributed by atoms with Crippen LogP contribution in [0, 0.1) is 6.57 Å². The van der Waals surface area contributed by atoms with Crippen LogP contribution in [0.1, 0.15) is 25.7 Å². The normalized spacial score (nSPS) is 24.8. The van der Waals surface area contributed by atoms with Crippen molar-refractivity contribution >= 4 is 5.69 Å². The van der Waals surface area contributed by atoms with Gasteiger partial charge in [0, 0.05) is 6.04 Å². The van der Waals surface area contributed by atoms with Gasteiger partial charge in [-0.05, 0) is 37.8 Å². The second-order valence-electron chi connectivity index (χ2n) is 4.26. The zero-order chi connectivity index (χ0) is 11.4. The molecule has 16 heavy (non-hydrogen) atoms. The lowest BCUT2D eigenvalue weighted by Crippen LogP contribution is -2.31. The number of nitrogens with two attached hydrogens (primary N) is 1. The van der Waals surface area contributed by atoms with Crippen molar-refractivity contribution in [3.63, 3.8) is 0 Å². The lowest BCUT2D eigenvalue weighted by atomic mass is 9.94. The van der Waals surface area contributed by atoms with Gasteiger partial charge in [-0.1, -0.05) is 12.1 Å². The number of rotatable bonds is 2. The Balaban J connectivity index is 1.91. The first kappa shape index (κ1) is 11.0. The molecule has 3 heteroatoms. The number of benzene rings is 1. The molecule has 1 fully saturated rings. The molecule has 0 saturated heterocycles. The summed E-state index contributed by atoms with van der Waals surface area (Å²) in [6.45, 7) is 6.86. The van der Waals surface area contributed by atoms with Gasteiger partial charge in [-0.15, -0.1) is 0 Å². The van der Waals surface area contributed by atoms with Gasteiger partial charge in [0.05, 0.1) is 12.7 Å². The molecule has 0 spiro atoms. The SMILES string of the molecule is [C-]#[N+]c1ccc(OC2CCC(N)CC2)cc1. The Morgan fingerprint density at radius 2 is 1.75 bits per heavy atom. The molecule has 1 aromatic rings. The van der Waals surface area contributed by atoms with Gasteiger partial charge in [-0.25, -0.2) is 4.85 Å². The molecular formula is C13H16N2O. The predicted molar refractivity (Wildman–Crippen MR) is 63.6 cm³/mol. The molecule has 84 valence electrons. The van der Waals surface area contributed by atoms with Crippen LogP contribution in [0.3, 0.4) is 0 Å². The van der Waals surface area contributed by atoms with Gasteiger partial charge >= 0.3 is 0 Å². The van der Waals surface area contributed by atoms with Gasteiger partial charge < -0.3 is 10.5 Å². The molecule has 0 radical (unpaired) electrons.